The number of hydrogen-bond acceptors (Lipinski definition) is 3. The maximum absolute atomic E-state index is 12.3. The SMILES string of the molecule is CC(C)COC(=O)N[C@H]1CC[C@H]2[C@@H]3CC[C@H]4N(C)C(=O)CC[C@]4(C)[C@H]3CC[C@]12C. The molecule has 1 N–H and O–H groups in total. The van der Waals surface area contributed by atoms with Gasteiger partial charge in [-0.1, -0.05) is 27.7 Å². The van der Waals surface area contributed by atoms with Crippen LogP contribution in [0.2, 0.25) is 0 Å². The number of carbonyl (C=O) groups is 2. The second kappa shape index (κ2) is 7.46. The van der Waals surface area contributed by atoms with Gasteiger partial charge in [-0.2, -0.15) is 0 Å². The molecular weight excluding hydrogens is 364 g/mol. The Morgan fingerprint density at radius 2 is 1.83 bits per heavy atom. The number of piperidine rings is 1. The molecule has 4 rings (SSSR count). The highest BCUT2D eigenvalue weighted by Crippen LogP contribution is 2.64. The highest BCUT2D eigenvalue weighted by molar-refractivity contribution is 5.77. The molecule has 3 saturated carbocycles. The summed E-state index contributed by atoms with van der Waals surface area (Å²) in [4.78, 5) is 26.7. The first kappa shape index (κ1) is 21.0. The molecule has 5 nitrogen and oxygen atoms in total. The highest BCUT2D eigenvalue weighted by Gasteiger charge is 2.61. The van der Waals surface area contributed by atoms with E-state index in [0.29, 0.717) is 42.7 Å². The topological polar surface area (TPSA) is 58.6 Å². The molecule has 7 atom stereocenters. The van der Waals surface area contributed by atoms with Crippen LogP contribution in [0.25, 0.3) is 0 Å². The average molecular weight is 405 g/mol. The molecule has 164 valence electrons. The van der Waals surface area contributed by atoms with Gasteiger partial charge in [0.1, 0.15) is 0 Å². The Morgan fingerprint density at radius 1 is 1.10 bits per heavy atom. The van der Waals surface area contributed by atoms with Gasteiger partial charge < -0.3 is 15.0 Å². The lowest BCUT2D eigenvalue weighted by Gasteiger charge is -2.61. The van der Waals surface area contributed by atoms with E-state index in [9.17, 15) is 9.59 Å². The van der Waals surface area contributed by atoms with Gasteiger partial charge in [0.05, 0.1) is 6.61 Å². The highest BCUT2D eigenvalue weighted by atomic mass is 16.5. The molecule has 1 aliphatic heterocycles. The predicted molar refractivity (Wildman–Crippen MR) is 113 cm³/mol. The number of ether oxygens (including phenoxy) is 1. The first-order valence-corrected chi connectivity index (χ1v) is 11.9. The molecule has 0 unspecified atom stereocenters. The fraction of sp³-hybridized carbons (Fsp3) is 0.917. The molecule has 0 radical (unpaired) electrons. The number of likely N-dealkylation sites (tertiary alicyclic amines) is 1. The summed E-state index contributed by atoms with van der Waals surface area (Å²) < 4.78 is 5.42. The van der Waals surface area contributed by atoms with Crippen LogP contribution in [0.5, 0.6) is 0 Å². The van der Waals surface area contributed by atoms with Crippen LogP contribution in [-0.2, 0) is 9.53 Å². The van der Waals surface area contributed by atoms with Crippen molar-refractivity contribution in [1.82, 2.24) is 10.2 Å². The zero-order chi connectivity index (χ0) is 21.0. The van der Waals surface area contributed by atoms with Crippen LogP contribution in [0.1, 0.15) is 79.1 Å². The first-order valence-electron chi connectivity index (χ1n) is 11.9. The van der Waals surface area contributed by atoms with Gasteiger partial charge in [0, 0.05) is 25.6 Å². The Morgan fingerprint density at radius 3 is 2.55 bits per heavy atom. The van der Waals surface area contributed by atoms with Crippen molar-refractivity contribution < 1.29 is 14.3 Å². The average Bonchev–Trinajstić information content (AvgIpc) is 3.00. The van der Waals surface area contributed by atoms with Crippen molar-refractivity contribution in [3.8, 4) is 0 Å². The largest absolute Gasteiger partial charge is 0.449 e. The van der Waals surface area contributed by atoms with Crippen LogP contribution in [0.15, 0.2) is 0 Å². The van der Waals surface area contributed by atoms with Crippen LogP contribution in [0.4, 0.5) is 4.79 Å². The van der Waals surface area contributed by atoms with Crippen molar-refractivity contribution in [2.45, 2.75) is 91.1 Å². The summed E-state index contributed by atoms with van der Waals surface area (Å²) in [5.74, 6) is 2.81. The quantitative estimate of drug-likeness (QED) is 0.748. The van der Waals surface area contributed by atoms with Crippen molar-refractivity contribution in [2.24, 2.45) is 34.5 Å². The predicted octanol–water partition coefficient (Wildman–Crippen LogP) is 4.60. The fourth-order valence-electron chi connectivity index (χ4n) is 7.81. The van der Waals surface area contributed by atoms with Crippen LogP contribution >= 0.6 is 0 Å². The van der Waals surface area contributed by atoms with Gasteiger partial charge in [-0.15, -0.1) is 0 Å². The van der Waals surface area contributed by atoms with Gasteiger partial charge in [0.15, 0.2) is 0 Å². The minimum atomic E-state index is -0.240. The van der Waals surface area contributed by atoms with Crippen LogP contribution in [0, 0.1) is 34.5 Å². The third kappa shape index (κ3) is 3.37. The molecule has 4 aliphatic rings. The van der Waals surface area contributed by atoms with Crippen LogP contribution in [0.3, 0.4) is 0 Å². The maximum Gasteiger partial charge on any atom is 0.407 e. The lowest BCUT2D eigenvalue weighted by molar-refractivity contribution is -0.157. The summed E-state index contributed by atoms with van der Waals surface area (Å²) in [6.07, 6.45) is 8.57. The molecule has 0 bridgehead atoms. The zero-order valence-electron chi connectivity index (χ0n) is 19.0. The molecule has 2 amide bonds. The molecule has 0 aromatic heterocycles. The van der Waals surface area contributed by atoms with E-state index in [2.05, 4.69) is 37.9 Å². The normalized spacial score (nSPS) is 44.1. The van der Waals surface area contributed by atoms with Crippen LogP contribution in [-0.4, -0.2) is 42.6 Å². The van der Waals surface area contributed by atoms with E-state index in [1.54, 1.807) is 0 Å². The Labute approximate surface area is 176 Å². The van der Waals surface area contributed by atoms with Gasteiger partial charge in [0.25, 0.3) is 0 Å². The number of carbonyl (C=O) groups excluding carboxylic acids is 2. The molecule has 3 aliphatic carbocycles. The Kier molecular flexibility index (Phi) is 5.40. The minimum Gasteiger partial charge on any atom is -0.449 e. The summed E-state index contributed by atoms with van der Waals surface area (Å²) in [7, 11) is 2.02. The molecule has 5 heteroatoms. The number of fused-ring (bicyclic) bond motifs is 5. The molecular formula is C24H40N2O3. The molecule has 4 fully saturated rings. The summed E-state index contributed by atoms with van der Waals surface area (Å²) in [5, 5.41) is 3.23. The number of nitrogens with one attached hydrogen (secondary N) is 1. The lowest BCUT2D eigenvalue weighted by atomic mass is 9.47. The van der Waals surface area contributed by atoms with E-state index in [4.69, 9.17) is 4.74 Å². The number of alkyl carbamates (subject to hydrolysis) is 1. The van der Waals surface area contributed by atoms with E-state index >= 15 is 0 Å². The second-order valence-electron chi connectivity index (χ2n) is 11.3. The van der Waals surface area contributed by atoms with Gasteiger partial charge in [0.2, 0.25) is 5.91 Å². The Hall–Kier alpha value is -1.26. The van der Waals surface area contributed by atoms with Crippen molar-refractivity contribution in [2.75, 3.05) is 13.7 Å². The minimum absolute atomic E-state index is 0.178. The number of rotatable bonds is 3. The number of amides is 2. The van der Waals surface area contributed by atoms with Gasteiger partial charge in [-0.3, -0.25) is 4.79 Å². The van der Waals surface area contributed by atoms with Crippen molar-refractivity contribution in [3.63, 3.8) is 0 Å². The van der Waals surface area contributed by atoms with Gasteiger partial charge >= 0.3 is 6.09 Å². The van der Waals surface area contributed by atoms with Gasteiger partial charge in [-0.25, -0.2) is 4.79 Å². The van der Waals surface area contributed by atoms with Crippen molar-refractivity contribution in [1.29, 1.82) is 0 Å². The summed E-state index contributed by atoms with van der Waals surface area (Å²) in [6.45, 7) is 9.49. The summed E-state index contributed by atoms with van der Waals surface area (Å²) in [6, 6.07) is 0.643. The first-order chi connectivity index (χ1) is 13.7. The monoisotopic (exact) mass is 404 g/mol. The number of hydrogen-bond donors (Lipinski definition) is 1. The van der Waals surface area contributed by atoms with E-state index in [1.807, 2.05) is 7.05 Å². The zero-order valence-corrected chi connectivity index (χ0v) is 19.0. The molecule has 0 aromatic rings. The smallest absolute Gasteiger partial charge is 0.407 e. The number of nitrogens with zero attached hydrogens (tertiary/aromatic N) is 1. The van der Waals surface area contributed by atoms with E-state index in [0.717, 1.165) is 25.2 Å². The molecule has 1 heterocycles. The third-order valence-corrected chi connectivity index (χ3v) is 9.40. The molecule has 0 spiro atoms. The fourth-order valence-corrected chi connectivity index (χ4v) is 7.81. The standard InChI is InChI=1S/C24H40N2O3/c1-15(2)14-29-22(28)25-19-8-7-17-16-6-9-20-24(4,13-11-21(27)26(20)5)18(16)10-12-23(17,19)3/h15-20H,6-14H2,1-5H3,(H,25,28)/t16-,17-,18-,19-,20+,23-,24+/m0/s1. The lowest BCUT2D eigenvalue weighted by Crippen LogP contribution is -2.62. The van der Waals surface area contributed by atoms with E-state index in [1.165, 1.54) is 25.7 Å². The van der Waals surface area contributed by atoms with Crippen molar-refractivity contribution in [3.05, 3.63) is 0 Å². The Bertz CT molecular complexity index is 665. The van der Waals surface area contributed by atoms with Gasteiger partial charge in [-0.05, 0) is 79.4 Å². The molecule has 1 saturated heterocycles. The third-order valence-electron chi connectivity index (χ3n) is 9.40. The second-order valence-corrected chi connectivity index (χ2v) is 11.3. The molecule has 0 aromatic carbocycles. The Balaban J connectivity index is 1.48. The van der Waals surface area contributed by atoms with E-state index in [-0.39, 0.29) is 23.0 Å². The molecule has 29 heavy (non-hydrogen) atoms. The van der Waals surface area contributed by atoms with Crippen molar-refractivity contribution >= 4 is 12.0 Å². The van der Waals surface area contributed by atoms with E-state index < -0.39 is 0 Å². The summed E-state index contributed by atoms with van der Waals surface area (Å²) >= 11 is 0. The van der Waals surface area contributed by atoms with Crippen LogP contribution < -0.4 is 5.32 Å². The maximum atomic E-state index is 12.3. The summed E-state index contributed by atoms with van der Waals surface area (Å²) in [5.41, 5.74) is 0.437.